The molecule has 0 aliphatic carbocycles. The van der Waals surface area contributed by atoms with Gasteiger partial charge in [-0.3, -0.25) is 4.79 Å². The summed E-state index contributed by atoms with van der Waals surface area (Å²) < 4.78 is 39.1. The summed E-state index contributed by atoms with van der Waals surface area (Å²) in [6.45, 7) is 3.01. The van der Waals surface area contributed by atoms with Gasteiger partial charge in [0, 0.05) is 23.5 Å². The molecule has 2 nitrogen and oxygen atoms in total. The molecule has 1 heterocycles. The number of alkyl halides is 1. The van der Waals surface area contributed by atoms with E-state index in [-0.39, 0.29) is 11.5 Å². The number of piperidine rings is 1. The van der Waals surface area contributed by atoms with Crippen LogP contribution in [0.4, 0.5) is 13.2 Å². The highest BCUT2D eigenvalue weighted by Gasteiger charge is 2.28. The number of carbonyl (C=O) groups is 1. The van der Waals surface area contributed by atoms with Crippen molar-refractivity contribution in [2.75, 3.05) is 13.1 Å². The molecular formula is C13H13BrF3NO. The van der Waals surface area contributed by atoms with E-state index in [1.54, 1.807) is 0 Å². The molecule has 1 aromatic rings. The molecular weight excluding hydrogens is 323 g/mol. The Kier molecular flexibility index (Phi) is 4.18. The van der Waals surface area contributed by atoms with Gasteiger partial charge in [-0.15, -0.1) is 0 Å². The van der Waals surface area contributed by atoms with Crippen molar-refractivity contribution in [3.05, 3.63) is 35.1 Å². The van der Waals surface area contributed by atoms with Crippen LogP contribution in [0.1, 0.15) is 23.7 Å². The first-order valence-corrected chi connectivity index (χ1v) is 6.89. The Morgan fingerprint density at radius 2 is 1.89 bits per heavy atom. The maximum absolute atomic E-state index is 13.1. The van der Waals surface area contributed by atoms with Crippen molar-refractivity contribution in [1.29, 1.82) is 0 Å². The third-order valence-electron chi connectivity index (χ3n) is 3.32. The standard InChI is InChI=1S/C13H13BrF3NO/c1-7-6-18(3-2-9(7)14)13(19)8-4-10(15)12(17)11(16)5-8/h4-5,7,9H,2-3,6H2,1H3. The van der Waals surface area contributed by atoms with E-state index >= 15 is 0 Å². The summed E-state index contributed by atoms with van der Waals surface area (Å²) in [5, 5.41) is 0. The number of hydrogen-bond acceptors (Lipinski definition) is 1. The van der Waals surface area contributed by atoms with Gasteiger partial charge in [0.15, 0.2) is 17.5 Å². The van der Waals surface area contributed by atoms with E-state index in [0.29, 0.717) is 17.9 Å². The van der Waals surface area contributed by atoms with Crippen LogP contribution in [0, 0.1) is 23.4 Å². The number of carbonyl (C=O) groups excluding carboxylic acids is 1. The Balaban J connectivity index is 2.20. The zero-order valence-corrected chi connectivity index (χ0v) is 11.9. The second-order valence-electron chi connectivity index (χ2n) is 4.79. The molecule has 2 atom stereocenters. The quantitative estimate of drug-likeness (QED) is 0.569. The third kappa shape index (κ3) is 2.94. The number of halogens is 4. The number of likely N-dealkylation sites (tertiary alicyclic amines) is 1. The molecule has 6 heteroatoms. The van der Waals surface area contributed by atoms with Gasteiger partial charge in [-0.2, -0.15) is 0 Å². The third-order valence-corrected chi connectivity index (χ3v) is 4.68. The van der Waals surface area contributed by atoms with Crippen molar-refractivity contribution >= 4 is 21.8 Å². The molecule has 1 amide bonds. The van der Waals surface area contributed by atoms with Gasteiger partial charge >= 0.3 is 0 Å². The summed E-state index contributed by atoms with van der Waals surface area (Å²) in [6, 6.07) is 1.48. The summed E-state index contributed by atoms with van der Waals surface area (Å²) in [4.78, 5) is 14.0. The maximum atomic E-state index is 13.1. The van der Waals surface area contributed by atoms with Crippen molar-refractivity contribution in [3.63, 3.8) is 0 Å². The highest BCUT2D eigenvalue weighted by atomic mass is 79.9. The highest BCUT2D eigenvalue weighted by Crippen LogP contribution is 2.25. The van der Waals surface area contributed by atoms with E-state index in [4.69, 9.17) is 0 Å². The van der Waals surface area contributed by atoms with E-state index in [1.807, 2.05) is 6.92 Å². The lowest BCUT2D eigenvalue weighted by Crippen LogP contribution is -2.43. The van der Waals surface area contributed by atoms with Gasteiger partial charge in [0.2, 0.25) is 0 Å². The fourth-order valence-corrected chi connectivity index (χ4v) is 2.53. The van der Waals surface area contributed by atoms with Crippen LogP contribution in [-0.2, 0) is 0 Å². The van der Waals surface area contributed by atoms with Crippen LogP contribution in [0.2, 0.25) is 0 Å². The molecule has 1 aliphatic rings. The Labute approximate surface area is 117 Å². The molecule has 2 rings (SSSR count). The topological polar surface area (TPSA) is 20.3 Å². The van der Waals surface area contributed by atoms with Crippen LogP contribution in [0.25, 0.3) is 0 Å². The molecule has 0 spiro atoms. The number of nitrogens with zero attached hydrogens (tertiary/aromatic N) is 1. The number of amides is 1. The molecule has 1 saturated heterocycles. The molecule has 0 radical (unpaired) electrons. The lowest BCUT2D eigenvalue weighted by atomic mass is 9.99. The monoisotopic (exact) mass is 335 g/mol. The average Bonchev–Trinajstić information content (AvgIpc) is 2.37. The molecule has 1 aromatic carbocycles. The van der Waals surface area contributed by atoms with Gasteiger partial charge in [-0.05, 0) is 24.5 Å². The Bertz CT molecular complexity index is 486. The van der Waals surface area contributed by atoms with Crippen LogP contribution in [-0.4, -0.2) is 28.7 Å². The maximum Gasteiger partial charge on any atom is 0.254 e. The van der Waals surface area contributed by atoms with Crippen LogP contribution >= 0.6 is 15.9 Å². The van der Waals surface area contributed by atoms with Gasteiger partial charge in [-0.25, -0.2) is 13.2 Å². The van der Waals surface area contributed by atoms with E-state index in [2.05, 4.69) is 15.9 Å². The Hall–Kier alpha value is -1.04. The van der Waals surface area contributed by atoms with Gasteiger partial charge in [0.25, 0.3) is 5.91 Å². The van der Waals surface area contributed by atoms with Gasteiger partial charge < -0.3 is 4.90 Å². The Morgan fingerprint density at radius 3 is 2.42 bits per heavy atom. The summed E-state index contributed by atoms with van der Waals surface area (Å²) in [6.07, 6.45) is 0.777. The molecule has 1 fully saturated rings. The lowest BCUT2D eigenvalue weighted by molar-refractivity contribution is 0.0689. The SMILES string of the molecule is CC1CN(C(=O)c2cc(F)c(F)c(F)c2)CCC1Br. The predicted octanol–water partition coefficient (Wildman–Crippen LogP) is 3.35. The van der Waals surface area contributed by atoms with E-state index in [9.17, 15) is 18.0 Å². The second kappa shape index (κ2) is 5.53. The first-order chi connectivity index (χ1) is 8.90. The molecule has 0 aromatic heterocycles. The summed E-state index contributed by atoms with van der Waals surface area (Å²) >= 11 is 3.51. The largest absolute Gasteiger partial charge is 0.338 e. The molecule has 104 valence electrons. The zero-order chi connectivity index (χ0) is 14.2. The smallest absolute Gasteiger partial charge is 0.254 e. The van der Waals surface area contributed by atoms with Crippen molar-refractivity contribution < 1.29 is 18.0 Å². The van der Waals surface area contributed by atoms with Crippen LogP contribution < -0.4 is 0 Å². The zero-order valence-electron chi connectivity index (χ0n) is 10.3. The van der Waals surface area contributed by atoms with E-state index in [1.165, 1.54) is 4.90 Å². The number of rotatable bonds is 1. The molecule has 19 heavy (non-hydrogen) atoms. The van der Waals surface area contributed by atoms with Crippen LogP contribution in [0.3, 0.4) is 0 Å². The minimum atomic E-state index is -1.55. The van der Waals surface area contributed by atoms with Crippen molar-refractivity contribution in [1.82, 2.24) is 4.90 Å². The van der Waals surface area contributed by atoms with Gasteiger partial charge in [0.1, 0.15) is 0 Å². The van der Waals surface area contributed by atoms with E-state index in [0.717, 1.165) is 18.6 Å². The van der Waals surface area contributed by atoms with Crippen molar-refractivity contribution in [3.8, 4) is 0 Å². The molecule has 2 unspecified atom stereocenters. The molecule has 1 aliphatic heterocycles. The van der Waals surface area contributed by atoms with Crippen molar-refractivity contribution in [2.24, 2.45) is 5.92 Å². The van der Waals surface area contributed by atoms with E-state index < -0.39 is 23.4 Å². The first kappa shape index (κ1) is 14.4. The van der Waals surface area contributed by atoms with Gasteiger partial charge in [-0.1, -0.05) is 22.9 Å². The van der Waals surface area contributed by atoms with Gasteiger partial charge in [0.05, 0.1) is 0 Å². The summed E-state index contributed by atoms with van der Waals surface area (Å²) in [5.74, 6) is -4.44. The highest BCUT2D eigenvalue weighted by molar-refractivity contribution is 9.09. The summed E-state index contributed by atoms with van der Waals surface area (Å²) in [5.41, 5.74) is -0.156. The minimum absolute atomic E-state index is 0.156. The molecule has 0 saturated carbocycles. The normalized spacial score (nSPS) is 23.5. The fourth-order valence-electron chi connectivity index (χ4n) is 2.16. The fraction of sp³-hybridized carbons (Fsp3) is 0.462. The summed E-state index contributed by atoms with van der Waals surface area (Å²) in [7, 11) is 0. The number of hydrogen-bond donors (Lipinski definition) is 0. The predicted molar refractivity (Wildman–Crippen MR) is 68.7 cm³/mol. The lowest BCUT2D eigenvalue weighted by Gasteiger charge is -2.34. The second-order valence-corrected chi connectivity index (χ2v) is 5.96. The molecule has 0 bridgehead atoms. The van der Waals surface area contributed by atoms with Crippen LogP contribution in [0.5, 0.6) is 0 Å². The number of benzene rings is 1. The van der Waals surface area contributed by atoms with Crippen molar-refractivity contribution in [2.45, 2.75) is 18.2 Å². The Morgan fingerprint density at radius 1 is 1.32 bits per heavy atom. The van der Waals surface area contributed by atoms with Crippen LogP contribution in [0.15, 0.2) is 12.1 Å². The molecule has 0 N–H and O–H groups in total. The average molecular weight is 336 g/mol. The minimum Gasteiger partial charge on any atom is -0.338 e. The first-order valence-electron chi connectivity index (χ1n) is 5.98.